The van der Waals surface area contributed by atoms with Gasteiger partial charge in [-0.05, 0) is 24.3 Å². The van der Waals surface area contributed by atoms with E-state index in [1.54, 1.807) is 0 Å². The number of aromatic nitrogens is 2. The monoisotopic (exact) mass is 279 g/mol. The van der Waals surface area contributed by atoms with Gasteiger partial charge in [-0.15, -0.1) is 12.4 Å². The van der Waals surface area contributed by atoms with Crippen LogP contribution in [0.3, 0.4) is 0 Å². The van der Waals surface area contributed by atoms with Gasteiger partial charge in [0.15, 0.2) is 5.82 Å². The third kappa shape index (κ3) is 3.33. The van der Waals surface area contributed by atoms with Gasteiger partial charge in [-0.2, -0.15) is 4.98 Å². The minimum atomic E-state index is 0. The molecule has 1 unspecified atom stereocenters. The Morgan fingerprint density at radius 3 is 2.63 bits per heavy atom. The maximum Gasteiger partial charge on any atom is 0.235 e. The highest BCUT2D eigenvalue weighted by Crippen LogP contribution is 2.32. The molecule has 3 rings (SSSR count). The van der Waals surface area contributed by atoms with E-state index in [9.17, 15) is 0 Å². The van der Waals surface area contributed by atoms with Crippen molar-refractivity contribution in [3.05, 3.63) is 47.6 Å². The van der Waals surface area contributed by atoms with Crippen molar-refractivity contribution in [2.75, 3.05) is 6.54 Å². The fourth-order valence-corrected chi connectivity index (χ4v) is 2.14. The van der Waals surface area contributed by atoms with Crippen LogP contribution in [0.4, 0.5) is 0 Å². The van der Waals surface area contributed by atoms with Gasteiger partial charge in [-0.25, -0.2) is 0 Å². The Labute approximate surface area is 118 Å². The summed E-state index contributed by atoms with van der Waals surface area (Å²) in [7, 11) is 0. The lowest BCUT2D eigenvalue weighted by Gasteiger charge is -2.09. The summed E-state index contributed by atoms with van der Waals surface area (Å²) in [6.45, 7) is 0.481. The average molecular weight is 280 g/mol. The van der Waals surface area contributed by atoms with E-state index in [0.717, 1.165) is 23.7 Å². The van der Waals surface area contributed by atoms with Crippen LogP contribution in [0.1, 0.15) is 36.0 Å². The molecule has 0 radical (unpaired) electrons. The van der Waals surface area contributed by atoms with Crippen LogP contribution in [0.5, 0.6) is 0 Å². The lowest BCUT2D eigenvalue weighted by Crippen LogP contribution is -2.14. The molecule has 1 aliphatic carbocycles. The molecule has 1 aliphatic rings. The Morgan fingerprint density at radius 2 is 2.00 bits per heavy atom. The molecule has 1 aromatic carbocycles. The molecule has 1 aromatic heterocycles. The summed E-state index contributed by atoms with van der Waals surface area (Å²) in [5.41, 5.74) is 6.96. The van der Waals surface area contributed by atoms with Crippen LogP contribution in [-0.2, 0) is 6.42 Å². The largest absolute Gasteiger partial charge is 0.339 e. The summed E-state index contributed by atoms with van der Waals surface area (Å²) >= 11 is 0. The molecule has 1 fully saturated rings. The number of nitrogens with zero attached hydrogens (tertiary/aromatic N) is 2. The molecule has 0 aliphatic heterocycles. The van der Waals surface area contributed by atoms with Crippen molar-refractivity contribution in [3.63, 3.8) is 0 Å². The summed E-state index contributed by atoms with van der Waals surface area (Å²) in [4.78, 5) is 4.48. The summed E-state index contributed by atoms with van der Waals surface area (Å²) in [5.74, 6) is 2.23. The third-order valence-electron chi connectivity index (χ3n) is 3.39. The molecule has 19 heavy (non-hydrogen) atoms. The Hall–Kier alpha value is -1.39. The Balaban J connectivity index is 0.00000133. The first kappa shape index (κ1) is 14.0. The van der Waals surface area contributed by atoms with Crippen molar-refractivity contribution in [2.24, 2.45) is 11.7 Å². The second kappa shape index (κ2) is 6.17. The van der Waals surface area contributed by atoms with Gasteiger partial charge in [0.25, 0.3) is 0 Å². The molecule has 2 N–H and O–H groups in total. The number of benzene rings is 1. The quantitative estimate of drug-likeness (QED) is 0.913. The number of halogens is 1. The van der Waals surface area contributed by atoms with Crippen molar-refractivity contribution >= 4 is 12.4 Å². The highest BCUT2D eigenvalue weighted by molar-refractivity contribution is 5.85. The third-order valence-corrected chi connectivity index (χ3v) is 3.39. The van der Waals surface area contributed by atoms with Crippen molar-refractivity contribution in [1.29, 1.82) is 0 Å². The van der Waals surface area contributed by atoms with Gasteiger partial charge in [0.05, 0.1) is 5.92 Å². The molecular weight excluding hydrogens is 262 g/mol. The van der Waals surface area contributed by atoms with Gasteiger partial charge in [0.2, 0.25) is 5.89 Å². The summed E-state index contributed by atoms with van der Waals surface area (Å²) in [6.07, 6.45) is 3.53. The molecule has 0 amide bonds. The van der Waals surface area contributed by atoms with E-state index in [1.807, 2.05) is 30.3 Å². The van der Waals surface area contributed by atoms with E-state index in [2.05, 4.69) is 10.1 Å². The van der Waals surface area contributed by atoms with Crippen LogP contribution in [-0.4, -0.2) is 16.7 Å². The van der Waals surface area contributed by atoms with Crippen LogP contribution < -0.4 is 5.73 Å². The SMILES string of the molecule is Cl.NCC(c1ccccc1)c1nc(CC2CC2)no1. The molecule has 0 bridgehead atoms. The predicted octanol–water partition coefficient (Wildman–Crippen LogP) is 2.53. The summed E-state index contributed by atoms with van der Waals surface area (Å²) < 4.78 is 5.36. The molecule has 1 atom stereocenters. The first-order valence-corrected chi connectivity index (χ1v) is 6.44. The van der Waals surface area contributed by atoms with Gasteiger partial charge in [-0.1, -0.05) is 35.5 Å². The van der Waals surface area contributed by atoms with Crippen LogP contribution in [0.25, 0.3) is 0 Å². The fourth-order valence-electron chi connectivity index (χ4n) is 2.14. The van der Waals surface area contributed by atoms with Gasteiger partial charge >= 0.3 is 0 Å². The minimum Gasteiger partial charge on any atom is -0.339 e. The zero-order chi connectivity index (χ0) is 12.4. The molecule has 4 nitrogen and oxygen atoms in total. The van der Waals surface area contributed by atoms with E-state index in [0.29, 0.717) is 12.4 Å². The van der Waals surface area contributed by atoms with E-state index < -0.39 is 0 Å². The lowest BCUT2D eigenvalue weighted by molar-refractivity contribution is 0.361. The van der Waals surface area contributed by atoms with Crippen molar-refractivity contribution in [3.8, 4) is 0 Å². The first-order valence-electron chi connectivity index (χ1n) is 6.44. The molecular formula is C14H18ClN3O. The Morgan fingerprint density at radius 1 is 1.26 bits per heavy atom. The predicted molar refractivity (Wildman–Crippen MR) is 75.3 cm³/mol. The Bertz CT molecular complexity index is 510. The molecule has 0 saturated heterocycles. The molecule has 2 aromatic rings. The number of rotatable bonds is 5. The van der Waals surface area contributed by atoms with E-state index >= 15 is 0 Å². The van der Waals surface area contributed by atoms with Crippen molar-refractivity contribution in [1.82, 2.24) is 10.1 Å². The first-order chi connectivity index (χ1) is 8.86. The number of nitrogens with two attached hydrogens (primary N) is 1. The zero-order valence-corrected chi connectivity index (χ0v) is 11.5. The van der Waals surface area contributed by atoms with Gasteiger partial charge < -0.3 is 10.3 Å². The van der Waals surface area contributed by atoms with Gasteiger partial charge in [-0.3, -0.25) is 0 Å². The molecule has 1 saturated carbocycles. The van der Waals surface area contributed by atoms with Gasteiger partial charge in [0, 0.05) is 13.0 Å². The highest BCUT2D eigenvalue weighted by Gasteiger charge is 2.25. The van der Waals surface area contributed by atoms with Crippen LogP contribution in [0.15, 0.2) is 34.9 Å². The van der Waals surface area contributed by atoms with Crippen LogP contribution >= 0.6 is 12.4 Å². The highest BCUT2D eigenvalue weighted by atomic mass is 35.5. The van der Waals surface area contributed by atoms with Gasteiger partial charge in [0.1, 0.15) is 0 Å². The summed E-state index contributed by atoms with van der Waals surface area (Å²) in [6, 6.07) is 10.1. The number of hydrogen-bond donors (Lipinski definition) is 1. The smallest absolute Gasteiger partial charge is 0.235 e. The topological polar surface area (TPSA) is 64.9 Å². The maximum absolute atomic E-state index is 5.83. The second-order valence-corrected chi connectivity index (χ2v) is 4.90. The van der Waals surface area contributed by atoms with Crippen molar-refractivity contribution in [2.45, 2.75) is 25.2 Å². The number of hydrogen-bond acceptors (Lipinski definition) is 4. The normalized spacial score (nSPS) is 15.8. The summed E-state index contributed by atoms with van der Waals surface area (Å²) in [5, 5.41) is 4.05. The second-order valence-electron chi connectivity index (χ2n) is 4.90. The van der Waals surface area contributed by atoms with Crippen molar-refractivity contribution < 1.29 is 4.52 Å². The molecule has 5 heteroatoms. The minimum absolute atomic E-state index is 0. The zero-order valence-electron chi connectivity index (χ0n) is 10.7. The van der Waals surface area contributed by atoms with E-state index in [4.69, 9.17) is 10.3 Å². The molecule has 1 heterocycles. The van der Waals surface area contributed by atoms with E-state index in [1.165, 1.54) is 12.8 Å². The van der Waals surface area contributed by atoms with Crippen LogP contribution in [0.2, 0.25) is 0 Å². The average Bonchev–Trinajstić information content (AvgIpc) is 3.10. The Kier molecular flexibility index (Phi) is 4.56. The molecule has 0 spiro atoms. The lowest BCUT2D eigenvalue weighted by atomic mass is 9.99. The standard InChI is InChI=1S/C14H17N3O.ClH/c15-9-12(11-4-2-1-3-5-11)14-16-13(17-18-14)8-10-6-7-10;/h1-5,10,12H,6-9,15H2;1H. The van der Waals surface area contributed by atoms with Crippen LogP contribution in [0, 0.1) is 5.92 Å². The molecule has 102 valence electrons. The maximum atomic E-state index is 5.83. The van der Waals surface area contributed by atoms with E-state index in [-0.39, 0.29) is 18.3 Å². The fraction of sp³-hybridized carbons (Fsp3) is 0.429.